The Morgan fingerprint density at radius 2 is 2.00 bits per heavy atom. The number of nitrogens with zero attached hydrogens (tertiary/aromatic N) is 3. The number of aryl methyl sites for hydroxylation is 1. The lowest BCUT2D eigenvalue weighted by atomic mass is 10.0. The van der Waals surface area contributed by atoms with Gasteiger partial charge < -0.3 is 35.4 Å². The van der Waals surface area contributed by atoms with Gasteiger partial charge in [0.05, 0.1) is 12.3 Å². The Morgan fingerprint density at radius 3 is 2.62 bits per heavy atom. The van der Waals surface area contributed by atoms with E-state index in [-0.39, 0.29) is 41.4 Å². The molecular formula is C23H27ClF3N5O5. The third-order valence-electron chi connectivity index (χ3n) is 5.62. The minimum atomic E-state index is -4.49. The second-order valence-electron chi connectivity index (χ2n) is 8.39. The van der Waals surface area contributed by atoms with Crippen molar-refractivity contribution in [3.8, 4) is 17.7 Å². The van der Waals surface area contributed by atoms with Crippen LogP contribution in [0.25, 0.3) is 0 Å². The topological polar surface area (TPSA) is 142 Å². The minimum absolute atomic E-state index is 0.0308. The molecule has 0 spiro atoms. The summed E-state index contributed by atoms with van der Waals surface area (Å²) >= 11 is 6.39. The smallest absolute Gasteiger partial charge is 0.422 e. The molecule has 1 aliphatic rings. The molecule has 3 unspecified atom stereocenters. The molecule has 3 rings (SSSR count). The first-order valence-corrected chi connectivity index (χ1v) is 11.6. The minimum Gasteiger partial charge on any atom is -0.468 e. The molecule has 202 valence electrons. The largest absolute Gasteiger partial charge is 0.468 e. The van der Waals surface area contributed by atoms with Crippen LogP contribution in [0.2, 0.25) is 5.15 Å². The van der Waals surface area contributed by atoms with Crippen LogP contribution in [0.15, 0.2) is 12.1 Å². The molecule has 2 heterocycles. The highest BCUT2D eigenvalue weighted by atomic mass is 35.5. The molecule has 1 saturated carbocycles. The van der Waals surface area contributed by atoms with Gasteiger partial charge in [-0.1, -0.05) is 23.4 Å². The van der Waals surface area contributed by atoms with Gasteiger partial charge in [0.25, 0.3) is 0 Å². The zero-order valence-corrected chi connectivity index (χ0v) is 20.8. The van der Waals surface area contributed by atoms with Crippen molar-refractivity contribution >= 4 is 23.4 Å². The van der Waals surface area contributed by atoms with Crippen LogP contribution in [0.4, 0.5) is 24.9 Å². The van der Waals surface area contributed by atoms with Gasteiger partial charge in [-0.25, -0.2) is 4.98 Å². The molecule has 1 aliphatic carbocycles. The molecule has 3 atom stereocenters. The summed E-state index contributed by atoms with van der Waals surface area (Å²) in [5, 5.41) is 36.7. The van der Waals surface area contributed by atoms with Crippen LogP contribution in [-0.4, -0.2) is 81.8 Å². The number of aromatic nitrogens is 3. The number of alkyl halides is 3. The molecule has 2 aromatic heterocycles. The average molecular weight is 546 g/mol. The predicted molar refractivity (Wildman–Crippen MR) is 128 cm³/mol. The van der Waals surface area contributed by atoms with Gasteiger partial charge in [0.15, 0.2) is 23.3 Å². The lowest BCUT2D eigenvalue weighted by Gasteiger charge is -2.30. The zero-order chi connectivity index (χ0) is 27.2. The molecule has 10 nitrogen and oxygen atoms in total. The van der Waals surface area contributed by atoms with E-state index in [9.17, 15) is 28.5 Å². The maximum Gasteiger partial charge on any atom is 0.422 e. The van der Waals surface area contributed by atoms with Crippen molar-refractivity contribution < 1.29 is 38.0 Å². The zero-order valence-electron chi connectivity index (χ0n) is 20.1. The van der Waals surface area contributed by atoms with Gasteiger partial charge >= 0.3 is 6.18 Å². The fraction of sp³-hybridized carbons (Fsp3) is 0.522. The molecule has 0 aliphatic heterocycles. The second kappa shape index (κ2) is 12.1. The van der Waals surface area contributed by atoms with Crippen LogP contribution < -0.4 is 15.4 Å². The fourth-order valence-corrected chi connectivity index (χ4v) is 3.87. The predicted octanol–water partition coefficient (Wildman–Crippen LogP) is 2.10. The van der Waals surface area contributed by atoms with E-state index in [2.05, 4.69) is 42.2 Å². The average Bonchev–Trinajstić information content (AvgIpc) is 3.11. The Morgan fingerprint density at radius 1 is 1.24 bits per heavy atom. The van der Waals surface area contributed by atoms with E-state index in [1.54, 1.807) is 6.92 Å². The van der Waals surface area contributed by atoms with Crippen LogP contribution >= 0.6 is 11.6 Å². The summed E-state index contributed by atoms with van der Waals surface area (Å²) in [5.41, 5.74) is -1.01. The van der Waals surface area contributed by atoms with Gasteiger partial charge in [-0.3, -0.25) is 0 Å². The van der Waals surface area contributed by atoms with E-state index in [1.807, 2.05) is 0 Å². The number of pyridine rings is 1. The molecule has 2 aromatic rings. The molecule has 0 aromatic carbocycles. The van der Waals surface area contributed by atoms with E-state index in [4.69, 9.17) is 16.3 Å². The third-order valence-corrected chi connectivity index (χ3v) is 5.90. The number of methoxy groups -OCH3 is 1. The Balaban J connectivity index is 1.93. The van der Waals surface area contributed by atoms with Gasteiger partial charge in [-0.2, -0.15) is 23.1 Å². The van der Waals surface area contributed by atoms with Crippen molar-refractivity contribution in [1.82, 2.24) is 15.0 Å². The maximum absolute atomic E-state index is 12.4. The Labute approximate surface area is 216 Å². The number of aliphatic hydroxyl groups is 3. The van der Waals surface area contributed by atoms with Crippen molar-refractivity contribution in [2.24, 2.45) is 5.92 Å². The molecule has 0 saturated heterocycles. The molecule has 14 heteroatoms. The molecule has 0 bridgehead atoms. The third kappa shape index (κ3) is 7.56. The van der Waals surface area contributed by atoms with Crippen molar-refractivity contribution in [3.63, 3.8) is 0 Å². The number of hydrogen-bond donors (Lipinski definition) is 5. The highest BCUT2D eigenvalue weighted by Gasteiger charge is 2.47. The first-order valence-electron chi connectivity index (χ1n) is 11.2. The lowest BCUT2D eigenvalue weighted by molar-refractivity contribution is -0.154. The van der Waals surface area contributed by atoms with E-state index in [0.717, 1.165) is 0 Å². The summed E-state index contributed by atoms with van der Waals surface area (Å²) in [6.07, 6.45) is -5.28. The highest BCUT2D eigenvalue weighted by molar-refractivity contribution is 6.31. The van der Waals surface area contributed by atoms with E-state index in [0.29, 0.717) is 30.8 Å². The highest BCUT2D eigenvalue weighted by Crippen LogP contribution is 2.36. The normalized spacial score (nSPS) is 21.3. The number of hydrogen-bond acceptors (Lipinski definition) is 10. The number of rotatable bonds is 9. The van der Waals surface area contributed by atoms with Gasteiger partial charge in [0.1, 0.15) is 11.7 Å². The van der Waals surface area contributed by atoms with Crippen LogP contribution in [0.1, 0.15) is 29.7 Å². The fourth-order valence-electron chi connectivity index (χ4n) is 3.65. The summed E-state index contributed by atoms with van der Waals surface area (Å²) in [5.74, 6) is 5.06. The van der Waals surface area contributed by atoms with Crippen molar-refractivity contribution in [1.29, 1.82) is 0 Å². The number of nitrogens with one attached hydrogen (secondary N) is 2. The maximum atomic E-state index is 12.4. The van der Waals surface area contributed by atoms with Crippen LogP contribution in [-0.2, 0) is 4.74 Å². The first kappa shape index (κ1) is 28.7. The van der Waals surface area contributed by atoms with E-state index < -0.39 is 30.5 Å². The van der Waals surface area contributed by atoms with Crippen molar-refractivity contribution in [3.05, 3.63) is 34.1 Å². The Bertz CT molecular complexity index is 1160. The monoisotopic (exact) mass is 545 g/mol. The second-order valence-corrected chi connectivity index (χ2v) is 8.75. The number of halogens is 4. The van der Waals surface area contributed by atoms with Crippen molar-refractivity contribution in [2.75, 3.05) is 44.1 Å². The summed E-state index contributed by atoms with van der Waals surface area (Å²) in [6.45, 7) is 0.507. The quantitative estimate of drug-likeness (QED) is 0.138. The first-order chi connectivity index (χ1) is 17.5. The molecular weight excluding hydrogens is 519 g/mol. The number of ether oxygens (including phenoxy) is 2. The van der Waals surface area contributed by atoms with Crippen LogP contribution in [0, 0.1) is 24.7 Å². The molecule has 37 heavy (non-hydrogen) atoms. The Kier molecular flexibility index (Phi) is 9.38. The summed E-state index contributed by atoms with van der Waals surface area (Å²) in [7, 11) is 1.53. The van der Waals surface area contributed by atoms with Crippen LogP contribution in [0.5, 0.6) is 5.88 Å². The van der Waals surface area contributed by atoms with E-state index in [1.165, 1.54) is 19.2 Å². The van der Waals surface area contributed by atoms with Gasteiger partial charge in [0.2, 0.25) is 11.8 Å². The molecule has 1 fully saturated rings. The summed E-state index contributed by atoms with van der Waals surface area (Å²) in [6, 6.07) is 2.71. The standard InChI is InChI=1S/C23H27ClF3N5O5/c1-13-14(4-6-17(29-13)37-12-23(25,26)27)3-5-16-19(24)30-21(28-9-10-36-2)31-20(16)32-22(35)8-7-15(11-33)18(22)34/h4,6,15,18,33-35H,7-12H2,1-2H3,(H2,28,30,31,32). The van der Waals surface area contributed by atoms with E-state index >= 15 is 0 Å². The molecule has 0 radical (unpaired) electrons. The van der Waals surface area contributed by atoms with Crippen molar-refractivity contribution in [2.45, 2.75) is 37.8 Å². The molecule has 0 amide bonds. The van der Waals surface area contributed by atoms with Crippen LogP contribution in [0.3, 0.4) is 0 Å². The van der Waals surface area contributed by atoms with Gasteiger partial charge in [-0.05, 0) is 25.8 Å². The van der Waals surface area contributed by atoms with Gasteiger partial charge in [0, 0.05) is 37.8 Å². The summed E-state index contributed by atoms with van der Waals surface area (Å²) < 4.78 is 46.8. The number of aliphatic hydroxyl groups excluding tert-OH is 2. The number of anilines is 2. The lowest BCUT2D eigenvalue weighted by Crippen LogP contribution is -2.48. The van der Waals surface area contributed by atoms with Gasteiger partial charge in [-0.15, -0.1) is 0 Å². The Hall–Kier alpha value is -2.89. The summed E-state index contributed by atoms with van der Waals surface area (Å²) in [4.78, 5) is 12.5. The SMILES string of the molecule is COCCNc1nc(Cl)c(C#Cc2ccc(OCC(F)(F)F)nc2C)c(NC2(O)CCC(CO)C2O)n1. The molecule has 5 N–H and O–H groups in total.